The van der Waals surface area contributed by atoms with Crippen LogP contribution in [0.2, 0.25) is 0 Å². The fraction of sp³-hybridized carbons (Fsp3) is 0.762. The molecule has 0 atom stereocenters. The second-order valence-corrected chi connectivity index (χ2v) is 11.0. The molecule has 0 bridgehead atoms. The molecule has 2 aliphatic heterocycles. The highest BCUT2D eigenvalue weighted by atomic mass is 19.4. The molecule has 2 amide bonds. The van der Waals surface area contributed by atoms with Crippen LogP contribution in [-0.4, -0.2) is 71.5 Å². The minimum atomic E-state index is -4.52. The van der Waals surface area contributed by atoms with Gasteiger partial charge >= 0.3 is 12.2 Å². The quantitative estimate of drug-likeness (QED) is 0.700. The Balaban J connectivity index is 0.870. The van der Waals surface area contributed by atoms with Crippen LogP contribution in [0.5, 0.6) is 0 Å². The molecule has 33 heavy (non-hydrogen) atoms. The monoisotopic (exact) mass is 462 g/mol. The lowest BCUT2D eigenvalue weighted by molar-refractivity contribution is -0.145. The fourth-order valence-electron chi connectivity index (χ4n) is 6.34. The Labute approximate surface area is 187 Å². The van der Waals surface area contributed by atoms with Crippen molar-refractivity contribution in [3.05, 3.63) is 24.3 Å². The van der Waals surface area contributed by atoms with E-state index in [2.05, 4.69) is 20.2 Å². The van der Waals surface area contributed by atoms with Crippen LogP contribution in [0.15, 0.2) is 12.7 Å². The van der Waals surface area contributed by atoms with Crippen LogP contribution in [0.3, 0.4) is 0 Å². The highest BCUT2D eigenvalue weighted by Crippen LogP contribution is 2.57. The van der Waals surface area contributed by atoms with Gasteiger partial charge in [-0.3, -0.25) is 0 Å². The zero-order chi connectivity index (χ0) is 22.6. The molecule has 2 saturated heterocycles. The van der Waals surface area contributed by atoms with Crippen LogP contribution in [0.4, 0.5) is 18.0 Å². The minimum Gasteiger partial charge on any atom is -0.323 e. The van der Waals surface area contributed by atoms with Crippen molar-refractivity contribution in [3.63, 3.8) is 0 Å². The molecule has 5 aliphatic rings. The Hall–Kier alpha value is -2.66. The van der Waals surface area contributed by atoms with Crippen molar-refractivity contribution in [2.75, 3.05) is 26.2 Å². The minimum absolute atomic E-state index is 0.0289. The summed E-state index contributed by atoms with van der Waals surface area (Å²) in [5.41, 5.74) is 0.264. The molecule has 0 unspecified atom stereocenters. The van der Waals surface area contributed by atoms with Crippen LogP contribution in [0, 0.1) is 10.8 Å². The van der Waals surface area contributed by atoms with Gasteiger partial charge in [-0.25, -0.2) is 24.1 Å². The molecule has 2 aromatic heterocycles. The third-order valence-electron chi connectivity index (χ3n) is 8.30. The molecule has 7 rings (SSSR count). The lowest BCUT2D eigenvalue weighted by Crippen LogP contribution is -2.71. The number of halogens is 3. The van der Waals surface area contributed by atoms with Gasteiger partial charge in [0.15, 0.2) is 5.82 Å². The smallest absolute Gasteiger partial charge is 0.323 e. The molecule has 9 nitrogen and oxygen atoms in total. The first-order valence-corrected chi connectivity index (χ1v) is 11.6. The van der Waals surface area contributed by atoms with Crippen molar-refractivity contribution in [2.24, 2.45) is 10.8 Å². The summed E-state index contributed by atoms with van der Waals surface area (Å²) in [6, 6.07) is 0.424. The summed E-state index contributed by atoms with van der Waals surface area (Å²) in [6.45, 7) is 2.96. The van der Waals surface area contributed by atoms with Gasteiger partial charge in [-0.05, 0) is 38.5 Å². The van der Waals surface area contributed by atoms with E-state index in [9.17, 15) is 18.0 Å². The van der Waals surface area contributed by atoms with Crippen molar-refractivity contribution < 1.29 is 18.0 Å². The first-order valence-electron chi connectivity index (χ1n) is 11.6. The van der Waals surface area contributed by atoms with Crippen LogP contribution in [0.25, 0.3) is 0 Å². The third-order valence-corrected chi connectivity index (χ3v) is 8.30. The van der Waals surface area contributed by atoms with Crippen molar-refractivity contribution in [2.45, 2.75) is 62.7 Å². The van der Waals surface area contributed by atoms with Crippen molar-refractivity contribution >= 4 is 6.03 Å². The van der Waals surface area contributed by atoms with Gasteiger partial charge in [0, 0.05) is 42.9 Å². The van der Waals surface area contributed by atoms with Crippen LogP contribution in [0.1, 0.15) is 68.2 Å². The highest BCUT2D eigenvalue weighted by Gasteiger charge is 2.59. The lowest BCUT2D eigenvalue weighted by atomic mass is 9.60. The van der Waals surface area contributed by atoms with E-state index in [-0.39, 0.29) is 22.9 Å². The molecule has 3 aliphatic carbocycles. The van der Waals surface area contributed by atoms with Crippen molar-refractivity contribution in [1.29, 1.82) is 0 Å². The number of hydrogen-bond acceptors (Lipinski definition) is 5. The summed E-state index contributed by atoms with van der Waals surface area (Å²) >= 11 is 0. The van der Waals surface area contributed by atoms with Gasteiger partial charge in [-0.15, -0.1) is 5.10 Å². The molecule has 176 valence electrons. The van der Waals surface area contributed by atoms with E-state index in [1.807, 2.05) is 20.8 Å². The number of hydrogen-bond donors (Lipinski definition) is 0. The van der Waals surface area contributed by atoms with Gasteiger partial charge in [0.05, 0.1) is 12.1 Å². The Kier molecular flexibility index (Phi) is 3.75. The number of nitrogens with zero attached hydrogens (tertiary/aromatic N) is 8. The SMILES string of the molecule is O=C(N1CC2(CC(n3cnc(C4CC4)n3)C2)C1)N1CC2(CC(n3cnc(C(F)(F)F)n3)C2)C1. The Morgan fingerprint density at radius 3 is 1.85 bits per heavy atom. The summed E-state index contributed by atoms with van der Waals surface area (Å²) < 4.78 is 41.4. The van der Waals surface area contributed by atoms with E-state index in [1.54, 1.807) is 0 Å². The Bertz CT molecular complexity index is 1090. The summed E-state index contributed by atoms with van der Waals surface area (Å²) in [4.78, 5) is 24.5. The van der Waals surface area contributed by atoms with Gasteiger partial charge < -0.3 is 9.80 Å². The van der Waals surface area contributed by atoms with Gasteiger partial charge in [-0.1, -0.05) is 0 Å². The van der Waals surface area contributed by atoms with E-state index >= 15 is 0 Å². The molecule has 3 saturated carbocycles. The van der Waals surface area contributed by atoms with Gasteiger partial charge in [0.25, 0.3) is 5.82 Å². The van der Waals surface area contributed by atoms with Crippen LogP contribution >= 0.6 is 0 Å². The fourth-order valence-corrected chi connectivity index (χ4v) is 6.34. The first-order chi connectivity index (χ1) is 15.7. The lowest BCUT2D eigenvalue weighted by Gasteiger charge is -2.63. The van der Waals surface area contributed by atoms with Crippen molar-refractivity contribution in [1.82, 2.24) is 39.3 Å². The molecule has 0 aromatic carbocycles. The predicted molar refractivity (Wildman–Crippen MR) is 107 cm³/mol. The highest BCUT2D eigenvalue weighted by molar-refractivity contribution is 5.77. The summed E-state index contributed by atoms with van der Waals surface area (Å²) in [5.74, 6) is 0.457. The molecule has 2 aromatic rings. The van der Waals surface area contributed by atoms with Crippen molar-refractivity contribution in [3.8, 4) is 0 Å². The van der Waals surface area contributed by atoms with Crippen LogP contribution in [-0.2, 0) is 6.18 Å². The normalized spacial score (nSPS) is 26.2. The molecule has 2 spiro atoms. The molecular weight excluding hydrogens is 437 g/mol. The van der Waals surface area contributed by atoms with Crippen LogP contribution < -0.4 is 0 Å². The standard InChI is InChI=1S/C21H25F3N8O/c22-21(23,24)17-26-12-32(28-17)15-5-20(6-15)9-30(10-20)18(33)29-7-19(8-29)3-14(4-19)31-11-25-16(27-31)13-1-2-13/h11-15H,1-10H2. The maximum atomic E-state index is 12.8. The Morgan fingerprint density at radius 1 is 0.848 bits per heavy atom. The molecule has 0 N–H and O–H groups in total. The number of urea groups is 1. The summed E-state index contributed by atoms with van der Waals surface area (Å²) in [6.07, 6.45) is 4.49. The van der Waals surface area contributed by atoms with E-state index in [0.29, 0.717) is 25.0 Å². The number of carbonyl (C=O) groups is 1. The zero-order valence-electron chi connectivity index (χ0n) is 18.1. The zero-order valence-corrected chi connectivity index (χ0v) is 18.1. The second-order valence-electron chi connectivity index (χ2n) is 11.0. The summed E-state index contributed by atoms with van der Waals surface area (Å²) in [7, 11) is 0. The molecular formula is C21H25F3N8O. The van der Waals surface area contributed by atoms with Gasteiger partial charge in [0.2, 0.25) is 0 Å². The molecule has 4 heterocycles. The average molecular weight is 462 g/mol. The number of rotatable bonds is 3. The van der Waals surface area contributed by atoms with E-state index in [4.69, 9.17) is 0 Å². The van der Waals surface area contributed by atoms with Gasteiger partial charge in [-0.2, -0.15) is 18.3 Å². The number of amides is 2. The molecule has 0 radical (unpaired) electrons. The van der Waals surface area contributed by atoms with E-state index < -0.39 is 12.0 Å². The van der Waals surface area contributed by atoms with E-state index in [0.717, 1.165) is 44.6 Å². The second kappa shape index (κ2) is 6.26. The maximum Gasteiger partial charge on any atom is 0.453 e. The predicted octanol–water partition coefficient (Wildman–Crippen LogP) is 2.86. The average Bonchev–Trinajstić information content (AvgIpc) is 3.16. The number of aromatic nitrogens is 6. The maximum absolute atomic E-state index is 12.8. The molecule has 5 fully saturated rings. The van der Waals surface area contributed by atoms with Gasteiger partial charge in [0.1, 0.15) is 12.7 Å². The first kappa shape index (κ1) is 19.8. The summed E-state index contributed by atoms with van der Waals surface area (Å²) in [5, 5.41) is 8.23. The molecule has 12 heteroatoms. The Morgan fingerprint density at radius 2 is 1.36 bits per heavy atom. The third kappa shape index (κ3) is 3.08. The topological polar surface area (TPSA) is 85.0 Å². The largest absolute Gasteiger partial charge is 0.453 e. The van der Waals surface area contributed by atoms with E-state index in [1.165, 1.54) is 23.9 Å². The number of likely N-dealkylation sites (tertiary alicyclic amines) is 2. The number of carbonyl (C=O) groups excluding carboxylic acids is 1. The number of alkyl halides is 3.